The van der Waals surface area contributed by atoms with Crippen LogP contribution in [0, 0.1) is 30.4 Å². The molecule has 0 spiro atoms. The molecule has 118 valence electrons. The average Bonchev–Trinajstić information content (AvgIpc) is 2.42. The lowest BCUT2D eigenvalue weighted by molar-refractivity contribution is -0.207. The van der Waals surface area contributed by atoms with Gasteiger partial charge in [0.1, 0.15) is 11.6 Å². The van der Waals surface area contributed by atoms with Crippen LogP contribution in [0.2, 0.25) is 0 Å². The van der Waals surface area contributed by atoms with Crippen molar-refractivity contribution in [3.8, 4) is 0 Å². The van der Waals surface area contributed by atoms with Crippen molar-refractivity contribution in [1.82, 2.24) is 0 Å². The van der Waals surface area contributed by atoms with Crippen LogP contribution in [0.15, 0.2) is 12.1 Å². The van der Waals surface area contributed by atoms with Gasteiger partial charge in [-0.2, -0.15) is 13.2 Å². The molecular weight excluding hydrogens is 291 g/mol. The number of rotatable bonds is 2. The fourth-order valence-corrected chi connectivity index (χ4v) is 3.11. The summed E-state index contributed by atoms with van der Waals surface area (Å²) in [5.41, 5.74) is -0.541. The zero-order valence-corrected chi connectivity index (χ0v) is 11.6. The number of halogens is 5. The van der Waals surface area contributed by atoms with Gasteiger partial charge >= 0.3 is 6.18 Å². The molecule has 6 heteroatoms. The molecule has 0 saturated heterocycles. The summed E-state index contributed by atoms with van der Waals surface area (Å²) < 4.78 is 66.9. The molecule has 0 aromatic heterocycles. The van der Waals surface area contributed by atoms with Crippen molar-refractivity contribution < 1.29 is 27.1 Å². The quantitative estimate of drug-likeness (QED) is 0.787. The Kier molecular flexibility index (Phi) is 4.56. The molecule has 3 atom stereocenters. The van der Waals surface area contributed by atoms with Crippen molar-refractivity contribution in [3.05, 3.63) is 34.9 Å². The molecule has 0 amide bonds. The van der Waals surface area contributed by atoms with Crippen LogP contribution in [0.1, 0.15) is 42.9 Å². The van der Waals surface area contributed by atoms with E-state index in [2.05, 4.69) is 0 Å². The number of alkyl halides is 3. The summed E-state index contributed by atoms with van der Waals surface area (Å²) in [6.45, 7) is 1.38. The molecule has 1 nitrogen and oxygen atoms in total. The second-order valence-corrected chi connectivity index (χ2v) is 5.63. The van der Waals surface area contributed by atoms with Crippen LogP contribution in [0.3, 0.4) is 0 Å². The molecule has 1 N–H and O–H groups in total. The first-order valence-electron chi connectivity index (χ1n) is 6.92. The monoisotopic (exact) mass is 308 g/mol. The van der Waals surface area contributed by atoms with E-state index in [9.17, 15) is 27.1 Å². The highest BCUT2D eigenvalue weighted by molar-refractivity contribution is 5.29. The smallest absolute Gasteiger partial charge is 0.388 e. The van der Waals surface area contributed by atoms with Gasteiger partial charge in [-0.3, -0.25) is 0 Å². The summed E-state index contributed by atoms with van der Waals surface area (Å²) in [6, 6.07) is 2.17. The van der Waals surface area contributed by atoms with E-state index < -0.39 is 41.3 Å². The predicted octanol–water partition coefficient (Wildman–Crippen LogP) is 4.68. The third-order valence-corrected chi connectivity index (χ3v) is 4.26. The minimum absolute atomic E-state index is 0.102. The van der Waals surface area contributed by atoms with Gasteiger partial charge in [0.15, 0.2) is 0 Å². The number of aliphatic hydroxyl groups is 1. The van der Waals surface area contributed by atoms with Gasteiger partial charge < -0.3 is 5.11 Å². The highest BCUT2D eigenvalue weighted by atomic mass is 19.4. The van der Waals surface area contributed by atoms with Crippen LogP contribution < -0.4 is 0 Å². The summed E-state index contributed by atoms with van der Waals surface area (Å²) in [5, 5.41) is 10.2. The van der Waals surface area contributed by atoms with Crippen LogP contribution in [-0.2, 0) is 0 Å². The molecule has 0 radical (unpaired) electrons. The van der Waals surface area contributed by atoms with Crippen LogP contribution in [0.25, 0.3) is 0 Å². The van der Waals surface area contributed by atoms with Crippen molar-refractivity contribution in [1.29, 1.82) is 0 Å². The van der Waals surface area contributed by atoms with Crippen LogP contribution in [0.4, 0.5) is 22.0 Å². The number of aliphatic hydroxyl groups excluding tert-OH is 1. The van der Waals surface area contributed by atoms with E-state index in [0.717, 1.165) is 6.07 Å². The first kappa shape index (κ1) is 16.2. The Morgan fingerprint density at radius 1 is 1.14 bits per heavy atom. The first-order valence-corrected chi connectivity index (χ1v) is 6.92. The zero-order chi connectivity index (χ0) is 15.8. The molecule has 0 bridgehead atoms. The Morgan fingerprint density at radius 2 is 1.76 bits per heavy atom. The van der Waals surface area contributed by atoms with Gasteiger partial charge in [0.25, 0.3) is 0 Å². The normalized spacial score (nSPS) is 24.9. The van der Waals surface area contributed by atoms with E-state index in [1.165, 1.54) is 13.0 Å². The van der Waals surface area contributed by atoms with E-state index in [0.29, 0.717) is 12.8 Å². The van der Waals surface area contributed by atoms with Crippen molar-refractivity contribution in [2.45, 2.75) is 44.9 Å². The molecule has 2 rings (SSSR count). The van der Waals surface area contributed by atoms with E-state index in [-0.39, 0.29) is 18.4 Å². The highest BCUT2D eigenvalue weighted by Crippen LogP contribution is 2.47. The fourth-order valence-electron chi connectivity index (χ4n) is 3.11. The van der Waals surface area contributed by atoms with Crippen molar-refractivity contribution in [2.75, 3.05) is 0 Å². The maximum Gasteiger partial charge on any atom is 0.392 e. The van der Waals surface area contributed by atoms with Crippen LogP contribution in [0.5, 0.6) is 0 Å². The second-order valence-electron chi connectivity index (χ2n) is 5.63. The Bertz CT molecular complexity index is 512. The topological polar surface area (TPSA) is 20.2 Å². The maximum atomic E-state index is 14.0. The SMILES string of the molecule is Cc1ccc(F)c(C(O)C2CCCCC2C(F)(F)F)c1F. The minimum atomic E-state index is -4.47. The summed E-state index contributed by atoms with van der Waals surface area (Å²) in [4.78, 5) is 0. The molecule has 1 aromatic carbocycles. The van der Waals surface area contributed by atoms with Crippen molar-refractivity contribution in [2.24, 2.45) is 11.8 Å². The van der Waals surface area contributed by atoms with Gasteiger partial charge in [-0.25, -0.2) is 8.78 Å². The molecule has 0 aliphatic heterocycles. The largest absolute Gasteiger partial charge is 0.392 e. The lowest BCUT2D eigenvalue weighted by atomic mass is 9.74. The second kappa shape index (κ2) is 5.91. The van der Waals surface area contributed by atoms with Gasteiger partial charge in [-0.1, -0.05) is 18.9 Å². The number of benzene rings is 1. The first-order chi connectivity index (χ1) is 9.73. The van der Waals surface area contributed by atoms with E-state index in [4.69, 9.17) is 0 Å². The molecule has 1 saturated carbocycles. The van der Waals surface area contributed by atoms with Crippen LogP contribution >= 0.6 is 0 Å². The number of hydrogen-bond acceptors (Lipinski definition) is 1. The standard InChI is InChI=1S/C15H17F5O/c1-8-6-7-11(16)12(13(8)17)14(21)9-4-2-3-5-10(9)15(18,19)20/h6-7,9-10,14,21H,2-5H2,1H3. The third kappa shape index (κ3) is 3.20. The van der Waals surface area contributed by atoms with E-state index >= 15 is 0 Å². The average molecular weight is 308 g/mol. The van der Waals surface area contributed by atoms with E-state index in [1.807, 2.05) is 0 Å². The van der Waals surface area contributed by atoms with Gasteiger partial charge in [-0.15, -0.1) is 0 Å². The lowest BCUT2D eigenvalue weighted by Crippen LogP contribution is -2.36. The Labute approximate surface area is 119 Å². The highest BCUT2D eigenvalue weighted by Gasteiger charge is 2.48. The van der Waals surface area contributed by atoms with Crippen molar-refractivity contribution in [3.63, 3.8) is 0 Å². The number of hydrogen-bond donors (Lipinski definition) is 1. The molecule has 21 heavy (non-hydrogen) atoms. The van der Waals surface area contributed by atoms with Crippen molar-refractivity contribution >= 4 is 0 Å². The van der Waals surface area contributed by atoms with E-state index in [1.54, 1.807) is 0 Å². The van der Waals surface area contributed by atoms with Gasteiger partial charge in [0, 0.05) is 5.92 Å². The molecular formula is C15H17F5O. The summed E-state index contributed by atoms with van der Waals surface area (Å²) >= 11 is 0. The molecule has 1 fully saturated rings. The molecule has 0 heterocycles. The zero-order valence-electron chi connectivity index (χ0n) is 11.6. The van der Waals surface area contributed by atoms with Gasteiger partial charge in [-0.05, 0) is 31.4 Å². The third-order valence-electron chi connectivity index (χ3n) is 4.26. The van der Waals surface area contributed by atoms with Crippen LogP contribution in [-0.4, -0.2) is 11.3 Å². The number of aryl methyl sites for hydroxylation is 1. The Hall–Kier alpha value is -1.17. The molecule has 1 aliphatic carbocycles. The predicted molar refractivity (Wildman–Crippen MR) is 67.6 cm³/mol. The fraction of sp³-hybridized carbons (Fsp3) is 0.600. The Morgan fingerprint density at radius 3 is 2.38 bits per heavy atom. The molecule has 1 aliphatic rings. The Balaban J connectivity index is 2.38. The summed E-state index contributed by atoms with van der Waals surface area (Å²) in [6.07, 6.45) is -5.33. The summed E-state index contributed by atoms with van der Waals surface area (Å²) in [7, 11) is 0. The van der Waals surface area contributed by atoms with Gasteiger partial charge in [0.2, 0.25) is 0 Å². The molecule has 3 unspecified atom stereocenters. The van der Waals surface area contributed by atoms with Gasteiger partial charge in [0.05, 0.1) is 17.6 Å². The summed E-state index contributed by atoms with van der Waals surface area (Å²) in [5.74, 6) is -4.89. The molecule has 1 aromatic rings. The minimum Gasteiger partial charge on any atom is -0.388 e. The lowest BCUT2D eigenvalue weighted by Gasteiger charge is -2.36. The maximum absolute atomic E-state index is 14.0.